The molecule has 0 radical (unpaired) electrons. The van der Waals surface area contributed by atoms with Crippen LogP contribution in [0, 0.1) is 0 Å². The summed E-state index contributed by atoms with van der Waals surface area (Å²) in [4.78, 5) is 17.9. The van der Waals surface area contributed by atoms with Gasteiger partial charge >= 0.3 is 0 Å². The Kier molecular flexibility index (Phi) is 5.48. The average molecular weight is 364 g/mol. The summed E-state index contributed by atoms with van der Waals surface area (Å²) < 4.78 is 1.91. The number of imidazole rings is 1. The summed E-state index contributed by atoms with van der Waals surface area (Å²) in [5, 5.41) is 0.713. The van der Waals surface area contributed by atoms with Crippen molar-refractivity contribution in [3.8, 4) is 22.6 Å². The molecule has 0 unspecified atom stereocenters. The molecule has 1 aromatic carbocycles. The molecule has 0 aliphatic carbocycles. The van der Waals surface area contributed by atoms with Crippen LogP contribution in [0.3, 0.4) is 0 Å². The Balaban J connectivity index is 0.000000948. The van der Waals surface area contributed by atoms with Crippen LogP contribution in [0.1, 0.15) is 13.8 Å². The monoisotopic (exact) mass is 364 g/mol. The van der Waals surface area contributed by atoms with Crippen LogP contribution in [0.4, 0.5) is 5.82 Å². The third kappa shape index (κ3) is 3.39. The van der Waals surface area contributed by atoms with Gasteiger partial charge in [-0.2, -0.15) is 4.98 Å². The van der Waals surface area contributed by atoms with Crippen molar-refractivity contribution in [2.45, 2.75) is 19.0 Å². The zero-order chi connectivity index (χ0) is 18.5. The molecule has 0 saturated carbocycles. The van der Waals surface area contributed by atoms with Gasteiger partial charge in [0, 0.05) is 18.0 Å². The molecule has 0 saturated heterocycles. The molecule has 0 bridgehead atoms. The highest BCUT2D eigenvalue weighted by Crippen LogP contribution is 2.31. The van der Waals surface area contributed by atoms with E-state index < -0.39 is 0 Å². The molecule has 2 N–H and O–H groups in total. The number of hydrogen-bond donors (Lipinski definition) is 1. The van der Waals surface area contributed by atoms with Crippen LogP contribution in [0.15, 0.2) is 60.0 Å². The second kappa shape index (κ2) is 7.97. The highest BCUT2D eigenvalue weighted by atomic mass is 32.2. The molecule has 132 valence electrons. The van der Waals surface area contributed by atoms with E-state index in [4.69, 9.17) is 5.73 Å². The molecule has 3 aromatic heterocycles. The van der Waals surface area contributed by atoms with Crippen molar-refractivity contribution >= 4 is 23.4 Å². The predicted molar refractivity (Wildman–Crippen MR) is 107 cm³/mol. The van der Waals surface area contributed by atoms with Crippen molar-refractivity contribution in [1.82, 2.24) is 24.3 Å². The third-order valence-corrected chi connectivity index (χ3v) is 4.18. The minimum absolute atomic E-state index is 0.436. The number of thioether (sulfide) groups is 1. The maximum atomic E-state index is 5.81. The van der Waals surface area contributed by atoms with Gasteiger partial charge in [0.25, 0.3) is 0 Å². The van der Waals surface area contributed by atoms with Gasteiger partial charge in [-0.05, 0) is 18.4 Å². The zero-order valence-electron chi connectivity index (χ0n) is 14.9. The quantitative estimate of drug-likeness (QED) is 0.434. The molecule has 4 rings (SSSR count). The Labute approximate surface area is 156 Å². The van der Waals surface area contributed by atoms with Crippen LogP contribution < -0.4 is 5.73 Å². The average Bonchev–Trinajstić information content (AvgIpc) is 3.08. The van der Waals surface area contributed by atoms with Crippen molar-refractivity contribution in [3.63, 3.8) is 0 Å². The van der Waals surface area contributed by atoms with Gasteiger partial charge in [0.05, 0.1) is 5.69 Å². The maximum absolute atomic E-state index is 5.81. The summed E-state index contributed by atoms with van der Waals surface area (Å²) in [5.74, 6) is 0.985. The van der Waals surface area contributed by atoms with Gasteiger partial charge in [-0.25, -0.2) is 15.0 Å². The van der Waals surface area contributed by atoms with Crippen molar-refractivity contribution < 1.29 is 0 Å². The number of fused-ring (bicyclic) bond motifs is 1. The van der Waals surface area contributed by atoms with Gasteiger partial charge in [-0.15, -0.1) is 0 Å². The number of hydrogen-bond acceptors (Lipinski definition) is 6. The molecule has 0 spiro atoms. The molecule has 0 atom stereocenters. The number of rotatable bonds is 3. The lowest BCUT2D eigenvalue weighted by Gasteiger charge is -2.06. The van der Waals surface area contributed by atoms with Crippen molar-refractivity contribution in [2.24, 2.45) is 0 Å². The molecule has 0 amide bonds. The lowest BCUT2D eigenvalue weighted by Crippen LogP contribution is -1.97. The van der Waals surface area contributed by atoms with Gasteiger partial charge < -0.3 is 5.73 Å². The SMILES string of the molecule is CC.CSc1nccc(-c2c(-c3ccccc3)nc3nc(N)ccn23)n1. The first-order valence-electron chi connectivity index (χ1n) is 8.33. The number of anilines is 1. The van der Waals surface area contributed by atoms with E-state index in [0.29, 0.717) is 16.8 Å². The minimum Gasteiger partial charge on any atom is -0.384 e. The van der Waals surface area contributed by atoms with E-state index in [0.717, 1.165) is 22.6 Å². The molecule has 0 fully saturated rings. The molecular weight excluding hydrogens is 344 g/mol. The van der Waals surface area contributed by atoms with Crippen molar-refractivity contribution in [2.75, 3.05) is 12.0 Å². The van der Waals surface area contributed by atoms with Crippen LogP contribution >= 0.6 is 11.8 Å². The molecule has 0 aliphatic heterocycles. The van der Waals surface area contributed by atoms with Gasteiger partial charge in [0.1, 0.15) is 17.2 Å². The molecule has 3 heterocycles. The molecule has 0 aliphatic rings. The number of aromatic nitrogens is 5. The van der Waals surface area contributed by atoms with E-state index in [2.05, 4.69) is 19.9 Å². The van der Waals surface area contributed by atoms with E-state index in [9.17, 15) is 0 Å². The van der Waals surface area contributed by atoms with Gasteiger partial charge in [0.2, 0.25) is 5.78 Å². The van der Waals surface area contributed by atoms with Crippen molar-refractivity contribution in [3.05, 3.63) is 54.9 Å². The van der Waals surface area contributed by atoms with Crippen LogP contribution in [-0.2, 0) is 0 Å². The summed E-state index contributed by atoms with van der Waals surface area (Å²) in [7, 11) is 0. The van der Waals surface area contributed by atoms with Gasteiger partial charge in [-0.1, -0.05) is 55.9 Å². The summed E-state index contributed by atoms with van der Waals surface area (Å²) in [6, 6.07) is 13.6. The van der Waals surface area contributed by atoms with Crippen LogP contribution in [0.25, 0.3) is 28.4 Å². The lowest BCUT2D eigenvalue weighted by atomic mass is 10.1. The van der Waals surface area contributed by atoms with E-state index in [1.807, 2.05) is 67.1 Å². The second-order valence-corrected chi connectivity index (χ2v) is 5.90. The highest BCUT2D eigenvalue weighted by molar-refractivity contribution is 7.98. The zero-order valence-corrected chi connectivity index (χ0v) is 15.7. The summed E-state index contributed by atoms with van der Waals surface area (Å²) >= 11 is 1.50. The summed E-state index contributed by atoms with van der Waals surface area (Å²) in [5.41, 5.74) is 9.31. The van der Waals surface area contributed by atoms with E-state index >= 15 is 0 Å². The summed E-state index contributed by atoms with van der Waals surface area (Å²) in [6.07, 6.45) is 5.58. The fraction of sp³-hybridized carbons (Fsp3) is 0.158. The third-order valence-electron chi connectivity index (χ3n) is 3.62. The first-order chi connectivity index (χ1) is 12.8. The fourth-order valence-electron chi connectivity index (χ4n) is 2.56. The maximum Gasteiger partial charge on any atom is 0.236 e. The molecule has 26 heavy (non-hydrogen) atoms. The van der Waals surface area contributed by atoms with E-state index in [-0.39, 0.29) is 0 Å². The first-order valence-corrected chi connectivity index (χ1v) is 9.56. The van der Waals surface area contributed by atoms with Crippen LogP contribution in [0.5, 0.6) is 0 Å². The largest absolute Gasteiger partial charge is 0.384 e. The Morgan fingerprint density at radius 1 is 0.962 bits per heavy atom. The normalized spacial score (nSPS) is 10.4. The van der Waals surface area contributed by atoms with Gasteiger partial charge in [-0.3, -0.25) is 4.40 Å². The molecule has 4 aromatic rings. The first kappa shape index (κ1) is 17.9. The Bertz CT molecular complexity index is 1010. The fourth-order valence-corrected chi connectivity index (χ4v) is 2.91. The van der Waals surface area contributed by atoms with Gasteiger partial charge in [0.15, 0.2) is 5.16 Å². The standard InChI is InChI=1S/C17H14N6S.C2H6/c1-24-17-19-9-7-12(20-17)15-14(11-5-3-2-4-6-11)22-16-21-13(18)8-10-23(15)16;1-2/h2-10H,1H3,(H2,18,21,22);1-2H3. The topological polar surface area (TPSA) is 82.0 Å². The van der Waals surface area contributed by atoms with Crippen LogP contribution in [0.2, 0.25) is 0 Å². The number of nitrogens with zero attached hydrogens (tertiary/aromatic N) is 5. The van der Waals surface area contributed by atoms with Crippen molar-refractivity contribution in [1.29, 1.82) is 0 Å². The highest BCUT2D eigenvalue weighted by Gasteiger charge is 2.18. The minimum atomic E-state index is 0.436. The summed E-state index contributed by atoms with van der Waals surface area (Å²) in [6.45, 7) is 4.00. The van der Waals surface area contributed by atoms with Crippen LogP contribution in [-0.4, -0.2) is 30.6 Å². The Hall–Kier alpha value is -2.93. The Morgan fingerprint density at radius 2 is 1.73 bits per heavy atom. The lowest BCUT2D eigenvalue weighted by molar-refractivity contribution is 0.967. The number of nitrogen functional groups attached to an aromatic ring is 1. The predicted octanol–water partition coefficient (Wildman–Crippen LogP) is 4.18. The Morgan fingerprint density at radius 3 is 2.46 bits per heavy atom. The van der Waals surface area contributed by atoms with E-state index in [1.54, 1.807) is 12.3 Å². The molecular formula is C19H20N6S. The molecule has 6 nitrogen and oxygen atoms in total. The smallest absolute Gasteiger partial charge is 0.236 e. The number of nitrogens with two attached hydrogens (primary N) is 1. The molecule has 7 heteroatoms. The second-order valence-electron chi connectivity index (χ2n) is 5.13. The number of benzene rings is 1. The van der Waals surface area contributed by atoms with E-state index in [1.165, 1.54) is 11.8 Å².